The van der Waals surface area contributed by atoms with E-state index in [9.17, 15) is 4.79 Å². The van der Waals surface area contributed by atoms with Crippen molar-refractivity contribution in [2.24, 2.45) is 0 Å². The zero-order chi connectivity index (χ0) is 12.0. The van der Waals surface area contributed by atoms with Crippen molar-refractivity contribution >= 4 is 18.5 Å². The van der Waals surface area contributed by atoms with E-state index in [-0.39, 0.29) is 5.91 Å². The van der Waals surface area contributed by atoms with Crippen LogP contribution < -0.4 is 0 Å². The van der Waals surface area contributed by atoms with Crippen LogP contribution in [0, 0.1) is 0 Å². The van der Waals surface area contributed by atoms with Gasteiger partial charge in [0.1, 0.15) is 0 Å². The Kier molecular flexibility index (Phi) is 5.12. The molecule has 0 fully saturated rings. The molecule has 16 heavy (non-hydrogen) atoms. The Morgan fingerprint density at radius 2 is 2.19 bits per heavy atom. The zero-order valence-corrected chi connectivity index (χ0v) is 10.4. The number of nitrogens with zero attached hydrogens (tertiary/aromatic N) is 1. The van der Waals surface area contributed by atoms with Crippen LogP contribution in [0.25, 0.3) is 0 Å². The van der Waals surface area contributed by atoms with E-state index in [1.54, 1.807) is 11.0 Å². The second-order valence-corrected chi connectivity index (χ2v) is 4.16. The number of rotatable bonds is 5. The number of benzene rings is 1. The maximum absolute atomic E-state index is 12.0. The van der Waals surface area contributed by atoms with E-state index < -0.39 is 0 Å². The number of allylic oxidation sites excluding steroid dienone is 1. The lowest BCUT2D eigenvalue weighted by atomic mass is 10.2. The Balaban J connectivity index is 2.63. The lowest BCUT2D eigenvalue weighted by Gasteiger charge is -2.17. The first-order valence-corrected chi connectivity index (χ1v) is 5.76. The summed E-state index contributed by atoms with van der Waals surface area (Å²) in [6, 6.07) is 7.35. The summed E-state index contributed by atoms with van der Waals surface area (Å²) < 4.78 is 0. The van der Waals surface area contributed by atoms with Crippen LogP contribution in [0.3, 0.4) is 0 Å². The standard InChI is InChI=1S/C13H17NOS/c1-3-4-7-10-14(2)13(15)11-8-5-6-9-12(11)16/h3,5-6,8-9,16H,1,4,7,10H2,2H3. The highest BCUT2D eigenvalue weighted by atomic mass is 32.1. The van der Waals surface area contributed by atoms with Crippen LogP contribution in [0.4, 0.5) is 0 Å². The van der Waals surface area contributed by atoms with E-state index in [1.807, 2.05) is 31.3 Å². The zero-order valence-electron chi connectivity index (χ0n) is 9.52. The molecule has 0 aromatic heterocycles. The predicted molar refractivity (Wildman–Crippen MR) is 70.1 cm³/mol. The molecule has 0 saturated carbocycles. The Hall–Kier alpha value is -1.22. The molecular formula is C13H17NOS. The Bertz CT molecular complexity index is 376. The molecule has 3 heteroatoms. The van der Waals surface area contributed by atoms with Gasteiger partial charge in [-0.15, -0.1) is 19.2 Å². The molecule has 1 amide bonds. The van der Waals surface area contributed by atoms with Crippen molar-refractivity contribution in [3.63, 3.8) is 0 Å². The lowest BCUT2D eigenvalue weighted by molar-refractivity contribution is 0.0790. The van der Waals surface area contributed by atoms with E-state index in [0.29, 0.717) is 5.56 Å². The fraction of sp³-hybridized carbons (Fsp3) is 0.308. The topological polar surface area (TPSA) is 20.3 Å². The number of thiol groups is 1. The first-order valence-electron chi connectivity index (χ1n) is 5.31. The van der Waals surface area contributed by atoms with Crippen LogP contribution in [0.1, 0.15) is 23.2 Å². The van der Waals surface area contributed by atoms with Gasteiger partial charge in [0.2, 0.25) is 0 Å². The van der Waals surface area contributed by atoms with Gasteiger partial charge in [-0.3, -0.25) is 4.79 Å². The van der Waals surface area contributed by atoms with Gasteiger partial charge >= 0.3 is 0 Å². The molecule has 0 saturated heterocycles. The summed E-state index contributed by atoms with van der Waals surface area (Å²) in [6.45, 7) is 4.40. The quantitative estimate of drug-likeness (QED) is 0.472. The average Bonchev–Trinajstić information content (AvgIpc) is 2.29. The maximum Gasteiger partial charge on any atom is 0.254 e. The predicted octanol–water partition coefficient (Wildman–Crippen LogP) is 3.01. The maximum atomic E-state index is 12.0. The molecule has 0 atom stereocenters. The number of amides is 1. The molecule has 2 nitrogen and oxygen atoms in total. The van der Waals surface area contributed by atoms with Gasteiger partial charge < -0.3 is 4.90 Å². The molecular weight excluding hydrogens is 218 g/mol. The number of unbranched alkanes of at least 4 members (excludes halogenated alkanes) is 1. The molecule has 0 bridgehead atoms. The third-order valence-corrected chi connectivity index (χ3v) is 2.77. The summed E-state index contributed by atoms with van der Waals surface area (Å²) >= 11 is 4.28. The van der Waals surface area contributed by atoms with Gasteiger partial charge in [-0.05, 0) is 25.0 Å². The number of carbonyl (C=O) groups is 1. The largest absolute Gasteiger partial charge is 0.342 e. The highest BCUT2D eigenvalue weighted by Gasteiger charge is 2.12. The molecule has 86 valence electrons. The van der Waals surface area contributed by atoms with Crippen molar-refractivity contribution in [3.05, 3.63) is 42.5 Å². The Labute approximate surface area is 102 Å². The number of hydrogen-bond acceptors (Lipinski definition) is 2. The monoisotopic (exact) mass is 235 g/mol. The smallest absolute Gasteiger partial charge is 0.254 e. The van der Waals surface area contributed by atoms with Crippen molar-refractivity contribution in [2.45, 2.75) is 17.7 Å². The second kappa shape index (κ2) is 6.38. The van der Waals surface area contributed by atoms with Crippen LogP contribution in [0.5, 0.6) is 0 Å². The summed E-state index contributed by atoms with van der Waals surface area (Å²) in [4.78, 5) is 14.5. The minimum absolute atomic E-state index is 0.0228. The SMILES string of the molecule is C=CCCCN(C)C(=O)c1ccccc1S. The van der Waals surface area contributed by atoms with Gasteiger partial charge in [-0.25, -0.2) is 0 Å². The van der Waals surface area contributed by atoms with Gasteiger partial charge in [-0.2, -0.15) is 0 Å². The van der Waals surface area contributed by atoms with Gasteiger partial charge in [0.05, 0.1) is 5.56 Å². The molecule has 0 aliphatic heterocycles. The minimum Gasteiger partial charge on any atom is -0.342 e. The Morgan fingerprint density at radius 1 is 1.50 bits per heavy atom. The van der Waals surface area contributed by atoms with Gasteiger partial charge in [-0.1, -0.05) is 18.2 Å². The van der Waals surface area contributed by atoms with E-state index >= 15 is 0 Å². The first-order chi connectivity index (χ1) is 7.66. The second-order valence-electron chi connectivity index (χ2n) is 3.67. The fourth-order valence-electron chi connectivity index (χ4n) is 1.43. The highest BCUT2D eigenvalue weighted by molar-refractivity contribution is 7.80. The number of carbonyl (C=O) groups excluding carboxylic acids is 1. The van der Waals surface area contributed by atoms with E-state index in [0.717, 1.165) is 24.3 Å². The van der Waals surface area contributed by atoms with E-state index in [2.05, 4.69) is 19.2 Å². The van der Waals surface area contributed by atoms with E-state index in [1.165, 1.54) is 0 Å². The molecule has 1 aromatic carbocycles. The van der Waals surface area contributed by atoms with Crippen molar-refractivity contribution in [1.29, 1.82) is 0 Å². The van der Waals surface area contributed by atoms with Gasteiger partial charge in [0, 0.05) is 18.5 Å². The lowest BCUT2D eigenvalue weighted by Crippen LogP contribution is -2.27. The van der Waals surface area contributed by atoms with Gasteiger partial charge in [0.25, 0.3) is 5.91 Å². The van der Waals surface area contributed by atoms with Crippen LogP contribution in [0.2, 0.25) is 0 Å². The molecule has 1 rings (SSSR count). The van der Waals surface area contributed by atoms with Crippen molar-refractivity contribution in [2.75, 3.05) is 13.6 Å². The molecule has 1 aromatic rings. The summed E-state index contributed by atoms with van der Waals surface area (Å²) in [5.41, 5.74) is 0.659. The average molecular weight is 235 g/mol. The Morgan fingerprint density at radius 3 is 2.81 bits per heavy atom. The fourth-order valence-corrected chi connectivity index (χ4v) is 1.69. The summed E-state index contributed by atoms with van der Waals surface area (Å²) in [7, 11) is 1.81. The molecule has 0 N–H and O–H groups in total. The van der Waals surface area contributed by atoms with Crippen LogP contribution in [-0.4, -0.2) is 24.4 Å². The van der Waals surface area contributed by atoms with Crippen molar-refractivity contribution in [1.82, 2.24) is 4.90 Å². The number of hydrogen-bond donors (Lipinski definition) is 1. The molecule has 0 heterocycles. The van der Waals surface area contributed by atoms with Crippen molar-refractivity contribution < 1.29 is 4.79 Å². The third-order valence-electron chi connectivity index (χ3n) is 2.38. The molecule has 0 unspecified atom stereocenters. The summed E-state index contributed by atoms with van der Waals surface area (Å²) in [5.74, 6) is 0.0228. The molecule has 0 radical (unpaired) electrons. The molecule has 0 aliphatic rings. The van der Waals surface area contributed by atoms with E-state index in [4.69, 9.17) is 0 Å². The molecule has 0 aliphatic carbocycles. The van der Waals surface area contributed by atoms with Crippen molar-refractivity contribution in [3.8, 4) is 0 Å². The normalized spacial score (nSPS) is 9.88. The van der Waals surface area contributed by atoms with Gasteiger partial charge in [0.15, 0.2) is 0 Å². The van der Waals surface area contributed by atoms with Crippen LogP contribution >= 0.6 is 12.6 Å². The van der Waals surface area contributed by atoms with Crippen LogP contribution in [-0.2, 0) is 0 Å². The summed E-state index contributed by atoms with van der Waals surface area (Å²) in [6.07, 6.45) is 3.74. The minimum atomic E-state index is 0.0228. The first kappa shape index (κ1) is 12.8. The summed E-state index contributed by atoms with van der Waals surface area (Å²) in [5, 5.41) is 0. The molecule has 0 spiro atoms. The van der Waals surface area contributed by atoms with Crippen LogP contribution in [0.15, 0.2) is 41.8 Å². The third kappa shape index (κ3) is 3.42. The highest BCUT2D eigenvalue weighted by Crippen LogP contribution is 2.14.